The third kappa shape index (κ3) is 3.51. The molecule has 0 saturated heterocycles. The van der Waals surface area contributed by atoms with Gasteiger partial charge in [0.05, 0.1) is 0 Å². The van der Waals surface area contributed by atoms with Gasteiger partial charge in [-0.05, 0) is 18.9 Å². The first kappa shape index (κ1) is 13.5. The summed E-state index contributed by atoms with van der Waals surface area (Å²) in [4.78, 5) is 10.9. The van der Waals surface area contributed by atoms with Gasteiger partial charge >= 0.3 is 0 Å². The van der Waals surface area contributed by atoms with Gasteiger partial charge in [0.25, 0.3) is 0 Å². The van der Waals surface area contributed by atoms with E-state index in [1.165, 1.54) is 5.56 Å². The summed E-state index contributed by atoms with van der Waals surface area (Å²) in [6.45, 7) is 3.35. The van der Waals surface area contributed by atoms with Gasteiger partial charge in [-0.25, -0.2) is 9.97 Å². The molecule has 1 heterocycles. The fourth-order valence-corrected chi connectivity index (χ4v) is 1.91. The molecular formula is C15H20N4. The van der Waals surface area contributed by atoms with Crippen LogP contribution >= 0.6 is 0 Å². The molecule has 19 heavy (non-hydrogen) atoms. The number of likely N-dealkylation sites (N-methyl/N-ethyl adjacent to an activating group) is 1. The van der Waals surface area contributed by atoms with Crippen molar-refractivity contribution in [3.8, 4) is 0 Å². The summed E-state index contributed by atoms with van der Waals surface area (Å²) in [7, 11) is 2.01. The maximum absolute atomic E-state index is 5.62. The first-order chi connectivity index (χ1) is 9.20. The molecule has 0 bridgehead atoms. The van der Waals surface area contributed by atoms with Crippen molar-refractivity contribution in [2.24, 2.45) is 5.73 Å². The highest BCUT2D eigenvalue weighted by molar-refractivity contribution is 5.32. The summed E-state index contributed by atoms with van der Waals surface area (Å²) in [6, 6.07) is 10.4. The highest BCUT2D eigenvalue weighted by Gasteiger charge is 2.06. The Balaban J connectivity index is 2.00. The van der Waals surface area contributed by atoms with Gasteiger partial charge in [-0.1, -0.05) is 30.3 Å². The summed E-state index contributed by atoms with van der Waals surface area (Å²) in [6.07, 6.45) is 2.80. The maximum Gasteiger partial charge on any atom is 0.225 e. The van der Waals surface area contributed by atoms with E-state index in [1.54, 1.807) is 0 Å². The zero-order valence-electron chi connectivity index (χ0n) is 11.5. The molecule has 0 radical (unpaired) electrons. The van der Waals surface area contributed by atoms with Crippen LogP contribution in [0.2, 0.25) is 0 Å². The first-order valence-electron chi connectivity index (χ1n) is 6.48. The van der Waals surface area contributed by atoms with Crippen LogP contribution in [0, 0.1) is 6.92 Å². The van der Waals surface area contributed by atoms with Gasteiger partial charge in [0.15, 0.2) is 0 Å². The molecule has 4 heteroatoms. The number of rotatable bonds is 5. The fraction of sp³-hybridized carbons (Fsp3) is 0.333. The molecule has 0 unspecified atom stereocenters. The molecule has 100 valence electrons. The summed E-state index contributed by atoms with van der Waals surface area (Å²) < 4.78 is 0. The Morgan fingerprint density at radius 1 is 1.21 bits per heavy atom. The van der Waals surface area contributed by atoms with Crippen molar-refractivity contribution < 1.29 is 0 Å². The lowest BCUT2D eigenvalue weighted by molar-refractivity contribution is 0.825. The predicted molar refractivity (Wildman–Crippen MR) is 78.1 cm³/mol. The fourth-order valence-electron chi connectivity index (χ4n) is 1.91. The standard InChI is InChI=1S/C15H20N4/c1-12-14(10-16)11-17-15(18-12)19(2)9-8-13-6-4-3-5-7-13/h3-7,11H,8-10,16H2,1-2H3. The molecular weight excluding hydrogens is 236 g/mol. The second-order valence-corrected chi connectivity index (χ2v) is 4.64. The van der Waals surface area contributed by atoms with Crippen molar-refractivity contribution in [1.29, 1.82) is 0 Å². The number of benzene rings is 1. The number of aromatic nitrogens is 2. The zero-order chi connectivity index (χ0) is 13.7. The van der Waals surface area contributed by atoms with E-state index in [-0.39, 0.29) is 0 Å². The maximum atomic E-state index is 5.62. The Hall–Kier alpha value is -1.94. The zero-order valence-corrected chi connectivity index (χ0v) is 11.5. The quantitative estimate of drug-likeness (QED) is 0.888. The van der Waals surface area contributed by atoms with Crippen molar-refractivity contribution in [2.45, 2.75) is 19.9 Å². The van der Waals surface area contributed by atoms with Crippen LogP contribution in [0.5, 0.6) is 0 Å². The second-order valence-electron chi connectivity index (χ2n) is 4.64. The third-order valence-electron chi connectivity index (χ3n) is 3.21. The lowest BCUT2D eigenvalue weighted by Crippen LogP contribution is -2.23. The molecule has 0 aliphatic carbocycles. The smallest absolute Gasteiger partial charge is 0.225 e. The van der Waals surface area contributed by atoms with Crippen LogP contribution in [-0.2, 0) is 13.0 Å². The van der Waals surface area contributed by atoms with Gasteiger partial charge < -0.3 is 10.6 Å². The molecule has 2 rings (SSSR count). The monoisotopic (exact) mass is 256 g/mol. The average Bonchev–Trinajstić information content (AvgIpc) is 2.45. The Kier molecular flexibility index (Phi) is 4.47. The Bertz CT molecular complexity index is 525. The Morgan fingerprint density at radius 2 is 1.95 bits per heavy atom. The van der Waals surface area contributed by atoms with Crippen LogP contribution in [0.3, 0.4) is 0 Å². The van der Waals surface area contributed by atoms with Crippen LogP contribution < -0.4 is 10.6 Å². The molecule has 0 amide bonds. The van der Waals surface area contributed by atoms with Gasteiger partial charge in [-0.3, -0.25) is 0 Å². The molecule has 0 fully saturated rings. The topological polar surface area (TPSA) is 55.0 Å². The molecule has 1 aromatic heterocycles. The number of nitrogens with zero attached hydrogens (tertiary/aromatic N) is 3. The molecule has 0 atom stereocenters. The van der Waals surface area contributed by atoms with Crippen LogP contribution in [0.25, 0.3) is 0 Å². The van der Waals surface area contributed by atoms with Crippen molar-refractivity contribution in [1.82, 2.24) is 9.97 Å². The van der Waals surface area contributed by atoms with E-state index in [1.807, 2.05) is 26.2 Å². The van der Waals surface area contributed by atoms with E-state index in [0.29, 0.717) is 6.54 Å². The summed E-state index contributed by atoms with van der Waals surface area (Å²) in [5.41, 5.74) is 8.90. The minimum absolute atomic E-state index is 0.486. The average molecular weight is 256 g/mol. The lowest BCUT2D eigenvalue weighted by Gasteiger charge is -2.17. The largest absolute Gasteiger partial charge is 0.344 e. The molecule has 1 aromatic carbocycles. The normalized spacial score (nSPS) is 10.5. The number of hydrogen-bond donors (Lipinski definition) is 1. The molecule has 0 saturated carbocycles. The number of anilines is 1. The van der Waals surface area contributed by atoms with Gasteiger partial charge in [-0.2, -0.15) is 0 Å². The predicted octanol–water partition coefficient (Wildman–Crippen LogP) is 1.92. The molecule has 0 aliphatic heterocycles. The van der Waals surface area contributed by atoms with Crippen molar-refractivity contribution >= 4 is 5.95 Å². The van der Waals surface area contributed by atoms with E-state index in [2.05, 4.69) is 39.1 Å². The number of nitrogens with two attached hydrogens (primary N) is 1. The van der Waals surface area contributed by atoms with E-state index < -0.39 is 0 Å². The van der Waals surface area contributed by atoms with Crippen LogP contribution in [-0.4, -0.2) is 23.6 Å². The van der Waals surface area contributed by atoms with Crippen molar-refractivity contribution in [2.75, 3.05) is 18.5 Å². The number of hydrogen-bond acceptors (Lipinski definition) is 4. The second kappa shape index (κ2) is 6.29. The van der Waals surface area contributed by atoms with E-state index in [9.17, 15) is 0 Å². The SMILES string of the molecule is Cc1nc(N(C)CCc2ccccc2)ncc1CN. The minimum Gasteiger partial charge on any atom is -0.344 e. The van der Waals surface area contributed by atoms with Gasteiger partial charge in [-0.15, -0.1) is 0 Å². The highest BCUT2D eigenvalue weighted by atomic mass is 15.2. The van der Waals surface area contributed by atoms with E-state index in [0.717, 1.165) is 30.2 Å². The number of aryl methyl sites for hydroxylation is 1. The molecule has 0 aliphatic rings. The van der Waals surface area contributed by atoms with E-state index in [4.69, 9.17) is 5.73 Å². The third-order valence-corrected chi connectivity index (χ3v) is 3.21. The van der Waals surface area contributed by atoms with Gasteiger partial charge in [0, 0.05) is 37.6 Å². The molecule has 4 nitrogen and oxygen atoms in total. The summed E-state index contributed by atoms with van der Waals surface area (Å²) in [5.74, 6) is 0.755. The lowest BCUT2D eigenvalue weighted by atomic mass is 10.1. The van der Waals surface area contributed by atoms with Gasteiger partial charge in [0.2, 0.25) is 5.95 Å². The molecule has 2 aromatic rings. The van der Waals surface area contributed by atoms with Crippen molar-refractivity contribution in [3.05, 3.63) is 53.3 Å². The Labute approximate surface area is 114 Å². The van der Waals surface area contributed by atoms with Crippen LogP contribution in [0.15, 0.2) is 36.5 Å². The van der Waals surface area contributed by atoms with Gasteiger partial charge in [0.1, 0.15) is 0 Å². The van der Waals surface area contributed by atoms with Crippen LogP contribution in [0.1, 0.15) is 16.8 Å². The summed E-state index contributed by atoms with van der Waals surface area (Å²) >= 11 is 0. The highest BCUT2D eigenvalue weighted by Crippen LogP contribution is 2.10. The first-order valence-corrected chi connectivity index (χ1v) is 6.48. The minimum atomic E-state index is 0.486. The Morgan fingerprint density at radius 3 is 2.58 bits per heavy atom. The molecule has 0 spiro atoms. The summed E-state index contributed by atoms with van der Waals surface area (Å²) in [5, 5.41) is 0. The van der Waals surface area contributed by atoms with E-state index >= 15 is 0 Å². The van der Waals surface area contributed by atoms with Crippen molar-refractivity contribution in [3.63, 3.8) is 0 Å². The van der Waals surface area contributed by atoms with Crippen LogP contribution in [0.4, 0.5) is 5.95 Å². The molecule has 2 N–H and O–H groups in total.